The molecule has 0 radical (unpaired) electrons. The van der Waals surface area contributed by atoms with Gasteiger partial charge in [0.1, 0.15) is 0 Å². The van der Waals surface area contributed by atoms with E-state index in [-0.39, 0.29) is 23.7 Å². The van der Waals surface area contributed by atoms with Crippen molar-refractivity contribution >= 4 is 12.2 Å². The quantitative estimate of drug-likeness (QED) is 0.499. The van der Waals surface area contributed by atoms with Crippen LogP contribution in [0.25, 0.3) is 0 Å². The molecule has 0 rings (SSSR count). The van der Waals surface area contributed by atoms with E-state index >= 15 is 0 Å². The van der Waals surface area contributed by atoms with E-state index in [9.17, 15) is 9.59 Å². The molecule has 0 aliphatic carbocycles. The molecule has 0 fully saturated rings. The molecule has 0 aromatic carbocycles. The van der Waals surface area contributed by atoms with Crippen molar-refractivity contribution in [3.63, 3.8) is 0 Å². The Hall–Kier alpha value is -1.24. The molecule has 120 valence electrons. The molecule has 0 aliphatic rings. The molecule has 4 heteroatoms. The summed E-state index contributed by atoms with van der Waals surface area (Å²) in [6.45, 7) is 16.4. The van der Waals surface area contributed by atoms with Crippen molar-refractivity contribution < 1.29 is 9.59 Å². The molecule has 21 heavy (non-hydrogen) atoms. The van der Waals surface area contributed by atoms with Gasteiger partial charge in [-0.1, -0.05) is 55.4 Å². The maximum atomic E-state index is 11.0. The maximum absolute atomic E-state index is 11.0. The Morgan fingerprint density at radius 3 is 1.05 bits per heavy atom. The molecule has 0 aromatic rings. The van der Waals surface area contributed by atoms with Gasteiger partial charge in [0.25, 0.3) is 0 Å². The highest BCUT2D eigenvalue weighted by molar-refractivity contribution is 5.37. The SMILES string of the molecule is CC(C)C(CC(N=C=O)(C(C)C)C(C)C)(N=C=O)C(C)C. The van der Waals surface area contributed by atoms with Crippen LogP contribution in [0.4, 0.5) is 0 Å². The Morgan fingerprint density at radius 2 is 0.905 bits per heavy atom. The van der Waals surface area contributed by atoms with E-state index in [2.05, 4.69) is 65.4 Å². The molecule has 0 heterocycles. The van der Waals surface area contributed by atoms with Gasteiger partial charge in [0.2, 0.25) is 12.2 Å². The number of aliphatic imine (C=N–C) groups is 2. The standard InChI is InChI=1S/C17H30N2O2/c1-12(2)16(13(3)4,18-10-20)9-17(14(5)6,15(7)8)19-11-21/h12-15H,9H2,1-8H3. The van der Waals surface area contributed by atoms with E-state index in [0.717, 1.165) is 0 Å². The summed E-state index contributed by atoms with van der Waals surface area (Å²) in [5.41, 5.74) is -1.15. The Morgan fingerprint density at radius 1 is 0.667 bits per heavy atom. The molecule has 0 amide bonds. The van der Waals surface area contributed by atoms with Crippen molar-refractivity contribution in [3.05, 3.63) is 0 Å². The first-order valence-corrected chi connectivity index (χ1v) is 7.78. The highest BCUT2D eigenvalue weighted by atomic mass is 16.1. The molecular weight excluding hydrogens is 264 g/mol. The van der Waals surface area contributed by atoms with Crippen molar-refractivity contribution in [2.75, 3.05) is 0 Å². The fourth-order valence-electron chi connectivity index (χ4n) is 3.37. The second-order valence-electron chi connectivity index (χ2n) is 7.18. The van der Waals surface area contributed by atoms with Crippen LogP contribution in [0.5, 0.6) is 0 Å². The molecule has 0 aliphatic heterocycles. The van der Waals surface area contributed by atoms with Crippen LogP contribution in [-0.4, -0.2) is 23.2 Å². The minimum absolute atomic E-state index is 0.151. The van der Waals surface area contributed by atoms with Gasteiger partial charge in [-0.3, -0.25) is 0 Å². The van der Waals surface area contributed by atoms with E-state index in [1.807, 2.05) is 0 Å². The van der Waals surface area contributed by atoms with Crippen molar-refractivity contribution in [1.82, 2.24) is 0 Å². The minimum atomic E-state index is -0.573. The number of nitrogens with zero attached hydrogens (tertiary/aromatic N) is 2. The van der Waals surface area contributed by atoms with Gasteiger partial charge in [0.05, 0.1) is 11.1 Å². The normalized spacial score (nSPS) is 12.8. The van der Waals surface area contributed by atoms with Crippen molar-refractivity contribution in [2.45, 2.75) is 72.9 Å². The Labute approximate surface area is 129 Å². The molecule has 0 N–H and O–H groups in total. The van der Waals surface area contributed by atoms with Crippen molar-refractivity contribution in [2.24, 2.45) is 33.7 Å². The molecule has 0 saturated heterocycles. The third kappa shape index (κ3) is 3.90. The van der Waals surface area contributed by atoms with E-state index in [1.165, 1.54) is 0 Å². The summed E-state index contributed by atoms with van der Waals surface area (Å²) in [4.78, 5) is 30.4. The average molecular weight is 294 g/mol. The number of isocyanates is 2. The highest BCUT2D eigenvalue weighted by Crippen LogP contribution is 2.45. The molecule has 0 spiro atoms. The lowest BCUT2D eigenvalue weighted by molar-refractivity contribution is 0.106. The van der Waals surface area contributed by atoms with E-state index in [0.29, 0.717) is 6.42 Å². The summed E-state index contributed by atoms with van der Waals surface area (Å²) in [5, 5.41) is 0. The number of rotatable bonds is 8. The zero-order valence-electron chi connectivity index (χ0n) is 14.7. The third-order valence-electron chi connectivity index (χ3n) is 5.07. The second kappa shape index (κ2) is 7.68. The lowest BCUT2D eigenvalue weighted by Gasteiger charge is -2.46. The highest BCUT2D eigenvalue weighted by Gasteiger charge is 2.48. The Kier molecular flexibility index (Phi) is 7.23. The lowest BCUT2D eigenvalue weighted by Crippen LogP contribution is -2.51. The van der Waals surface area contributed by atoms with Crippen LogP contribution in [-0.2, 0) is 9.59 Å². The summed E-state index contributed by atoms with van der Waals surface area (Å²) in [6, 6.07) is 0. The average Bonchev–Trinajstić information content (AvgIpc) is 2.35. The number of hydrogen-bond donors (Lipinski definition) is 0. The van der Waals surface area contributed by atoms with E-state index in [4.69, 9.17) is 0 Å². The van der Waals surface area contributed by atoms with Gasteiger partial charge in [0, 0.05) is 6.42 Å². The van der Waals surface area contributed by atoms with Crippen molar-refractivity contribution in [1.29, 1.82) is 0 Å². The van der Waals surface area contributed by atoms with Crippen LogP contribution < -0.4 is 0 Å². The van der Waals surface area contributed by atoms with Gasteiger partial charge in [-0.2, -0.15) is 9.98 Å². The first-order chi connectivity index (χ1) is 9.60. The first kappa shape index (κ1) is 19.8. The minimum Gasteiger partial charge on any atom is -0.211 e. The summed E-state index contributed by atoms with van der Waals surface area (Å²) < 4.78 is 0. The van der Waals surface area contributed by atoms with Crippen LogP contribution >= 0.6 is 0 Å². The Balaban J connectivity index is 6.17. The van der Waals surface area contributed by atoms with Crippen molar-refractivity contribution in [3.8, 4) is 0 Å². The molecule has 0 saturated carbocycles. The van der Waals surface area contributed by atoms with Crippen LogP contribution in [0.1, 0.15) is 61.8 Å². The van der Waals surface area contributed by atoms with Gasteiger partial charge >= 0.3 is 0 Å². The predicted octanol–water partition coefficient (Wildman–Crippen LogP) is 4.15. The number of carbonyl (C=O) groups excluding carboxylic acids is 2. The second-order valence-corrected chi connectivity index (χ2v) is 7.18. The molecule has 0 atom stereocenters. The number of hydrogen-bond acceptors (Lipinski definition) is 4. The van der Waals surface area contributed by atoms with Crippen LogP contribution in [0.3, 0.4) is 0 Å². The van der Waals surface area contributed by atoms with Crippen LogP contribution in [0.2, 0.25) is 0 Å². The summed E-state index contributed by atoms with van der Waals surface area (Å²) in [5.74, 6) is 0.603. The monoisotopic (exact) mass is 294 g/mol. The zero-order valence-corrected chi connectivity index (χ0v) is 14.7. The Bertz CT molecular complexity index is 370. The molecule has 4 nitrogen and oxygen atoms in total. The maximum Gasteiger partial charge on any atom is 0.235 e. The smallest absolute Gasteiger partial charge is 0.211 e. The third-order valence-corrected chi connectivity index (χ3v) is 5.07. The fraction of sp³-hybridized carbons (Fsp3) is 0.882. The lowest BCUT2D eigenvalue weighted by atomic mass is 9.63. The summed E-state index contributed by atoms with van der Waals surface area (Å²) in [7, 11) is 0. The molecule has 0 aromatic heterocycles. The van der Waals surface area contributed by atoms with E-state index < -0.39 is 11.1 Å². The van der Waals surface area contributed by atoms with Gasteiger partial charge in [-0.15, -0.1) is 0 Å². The first-order valence-electron chi connectivity index (χ1n) is 7.78. The van der Waals surface area contributed by atoms with Gasteiger partial charge in [-0.25, -0.2) is 9.59 Å². The largest absolute Gasteiger partial charge is 0.235 e. The van der Waals surface area contributed by atoms with Gasteiger partial charge in [0.15, 0.2) is 0 Å². The van der Waals surface area contributed by atoms with Crippen LogP contribution in [0, 0.1) is 23.7 Å². The van der Waals surface area contributed by atoms with Crippen LogP contribution in [0.15, 0.2) is 9.98 Å². The fourth-order valence-corrected chi connectivity index (χ4v) is 3.37. The summed E-state index contributed by atoms with van der Waals surface area (Å²) >= 11 is 0. The zero-order chi connectivity index (χ0) is 16.8. The molecular formula is C17H30N2O2. The summed E-state index contributed by atoms with van der Waals surface area (Å²) in [6.07, 6.45) is 4.05. The molecule has 0 bridgehead atoms. The predicted molar refractivity (Wildman–Crippen MR) is 85.7 cm³/mol. The van der Waals surface area contributed by atoms with E-state index in [1.54, 1.807) is 12.2 Å². The topological polar surface area (TPSA) is 58.9 Å². The van der Waals surface area contributed by atoms with Gasteiger partial charge in [-0.05, 0) is 23.7 Å². The molecule has 0 unspecified atom stereocenters. The van der Waals surface area contributed by atoms with Gasteiger partial charge < -0.3 is 0 Å².